The van der Waals surface area contributed by atoms with Crippen molar-refractivity contribution in [1.29, 1.82) is 0 Å². The lowest BCUT2D eigenvalue weighted by molar-refractivity contribution is 0.122. The van der Waals surface area contributed by atoms with Crippen LogP contribution in [0.4, 0.5) is 0 Å². The molecule has 0 bridgehead atoms. The molecule has 0 atom stereocenters. The van der Waals surface area contributed by atoms with Gasteiger partial charge in [-0.2, -0.15) is 0 Å². The van der Waals surface area contributed by atoms with Gasteiger partial charge in [-0.25, -0.2) is 0 Å². The van der Waals surface area contributed by atoms with E-state index in [1.54, 1.807) is 24.8 Å². The predicted molar refractivity (Wildman–Crippen MR) is 89.0 cm³/mol. The maximum absolute atomic E-state index is 6.18. The highest BCUT2D eigenvalue weighted by atomic mass is 35.5. The molecule has 0 unspecified atom stereocenters. The van der Waals surface area contributed by atoms with Crippen LogP contribution in [0.3, 0.4) is 0 Å². The van der Waals surface area contributed by atoms with Crippen molar-refractivity contribution in [2.45, 2.75) is 13.1 Å². The minimum Gasteiger partial charge on any atom is -0.296 e. The van der Waals surface area contributed by atoms with E-state index >= 15 is 0 Å². The molecule has 0 aliphatic carbocycles. The van der Waals surface area contributed by atoms with Gasteiger partial charge in [0.15, 0.2) is 0 Å². The van der Waals surface area contributed by atoms with E-state index in [0.717, 1.165) is 60.4 Å². The van der Waals surface area contributed by atoms with Crippen LogP contribution in [-0.2, 0) is 13.1 Å². The molecular weight excluding hydrogens is 319 g/mol. The van der Waals surface area contributed by atoms with Gasteiger partial charge in [0.1, 0.15) is 0 Å². The molecule has 0 N–H and O–H groups in total. The molecule has 22 heavy (non-hydrogen) atoms. The molecule has 4 nitrogen and oxygen atoms in total. The Bertz CT molecular complexity index is 572. The fraction of sp³-hybridized carbons (Fsp3) is 0.375. The molecule has 2 aromatic heterocycles. The Hall–Kier alpha value is -1.20. The molecule has 1 aliphatic heterocycles. The smallest absolute Gasteiger partial charge is 0.0634 e. The third kappa shape index (κ3) is 3.96. The van der Waals surface area contributed by atoms with Crippen molar-refractivity contribution in [3.63, 3.8) is 0 Å². The molecule has 6 heteroatoms. The molecule has 2 aromatic rings. The molecule has 0 aromatic carbocycles. The summed E-state index contributed by atoms with van der Waals surface area (Å²) >= 11 is 12.4. The standard InChI is InChI=1S/C16H18Cl2N4/c17-15-9-19-3-1-13(15)11-21-5-7-22(8-6-21)12-14-2-4-20-10-16(14)18/h1-4,9-10H,5-8,11-12H2. The molecule has 0 spiro atoms. The maximum atomic E-state index is 6.18. The lowest BCUT2D eigenvalue weighted by atomic mass is 10.2. The van der Waals surface area contributed by atoms with Gasteiger partial charge in [-0.3, -0.25) is 19.8 Å². The number of hydrogen-bond donors (Lipinski definition) is 0. The van der Waals surface area contributed by atoms with Crippen LogP contribution >= 0.6 is 23.2 Å². The van der Waals surface area contributed by atoms with Crippen LogP contribution in [0.15, 0.2) is 36.9 Å². The van der Waals surface area contributed by atoms with Gasteiger partial charge in [-0.05, 0) is 23.3 Å². The monoisotopic (exact) mass is 336 g/mol. The van der Waals surface area contributed by atoms with E-state index in [1.165, 1.54) is 0 Å². The van der Waals surface area contributed by atoms with Crippen molar-refractivity contribution >= 4 is 23.2 Å². The van der Waals surface area contributed by atoms with Crippen molar-refractivity contribution in [2.75, 3.05) is 26.2 Å². The first-order chi connectivity index (χ1) is 10.7. The first kappa shape index (κ1) is 15.7. The molecule has 3 heterocycles. The Morgan fingerprint density at radius 1 is 0.773 bits per heavy atom. The van der Waals surface area contributed by atoms with E-state index in [-0.39, 0.29) is 0 Å². The quantitative estimate of drug-likeness (QED) is 0.858. The fourth-order valence-electron chi connectivity index (χ4n) is 2.65. The molecule has 1 saturated heterocycles. The minimum atomic E-state index is 0.744. The van der Waals surface area contributed by atoms with Crippen LogP contribution < -0.4 is 0 Å². The number of piperazine rings is 1. The minimum absolute atomic E-state index is 0.744. The van der Waals surface area contributed by atoms with E-state index < -0.39 is 0 Å². The molecule has 3 rings (SSSR count). The molecular formula is C16H18Cl2N4. The first-order valence-electron chi connectivity index (χ1n) is 7.34. The van der Waals surface area contributed by atoms with Crippen molar-refractivity contribution in [3.05, 3.63) is 58.1 Å². The Kier molecular flexibility index (Phi) is 5.26. The molecule has 0 amide bonds. The molecule has 0 saturated carbocycles. The van der Waals surface area contributed by atoms with E-state index in [2.05, 4.69) is 19.8 Å². The highest BCUT2D eigenvalue weighted by Gasteiger charge is 2.18. The first-order valence-corrected chi connectivity index (χ1v) is 8.09. The highest BCUT2D eigenvalue weighted by molar-refractivity contribution is 6.31. The number of halogens is 2. The molecule has 1 aliphatic rings. The summed E-state index contributed by atoms with van der Waals surface area (Å²) < 4.78 is 0. The van der Waals surface area contributed by atoms with Gasteiger partial charge < -0.3 is 0 Å². The maximum Gasteiger partial charge on any atom is 0.0634 e. The number of hydrogen-bond acceptors (Lipinski definition) is 4. The Morgan fingerprint density at radius 3 is 1.55 bits per heavy atom. The van der Waals surface area contributed by atoms with Gasteiger partial charge in [0.2, 0.25) is 0 Å². The molecule has 0 radical (unpaired) electrons. The summed E-state index contributed by atoms with van der Waals surface area (Å²) in [5.41, 5.74) is 2.28. The van der Waals surface area contributed by atoms with E-state index in [1.807, 2.05) is 12.1 Å². The van der Waals surface area contributed by atoms with Crippen molar-refractivity contribution in [1.82, 2.24) is 19.8 Å². The molecule has 116 valence electrons. The lowest BCUT2D eigenvalue weighted by Crippen LogP contribution is -2.45. The van der Waals surface area contributed by atoms with Crippen LogP contribution in [0, 0.1) is 0 Å². The largest absolute Gasteiger partial charge is 0.296 e. The van der Waals surface area contributed by atoms with Crippen LogP contribution in [0.25, 0.3) is 0 Å². The lowest BCUT2D eigenvalue weighted by Gasteiger charge is -2.35. The van der Waals surface area contributed by atoms with Crippen molar-refractivity contribution in [2.24, 2.45) is 0 Å². The zero-order chi connectivity index (χ0) is 15.4. The number of rotatable bonds is 4. The molecule has 1 fully saturated rings. The Morgan fingerprint density at radius 2 is 1.18 bits per heavy atom. The number of aromatic nitrogens is 2. The zero-order valence-electron chi connectivity index (χ0n) is 12.3. The number of pyridine rings is 2. The van der Waals surface area contributed by atoms with Crippen LogP contribution in [0.5, 0.6) is 0 Å². The van der Waals surface area contributed by atoms with Gasteiger partial charge >= 0.3 is 0 Å². The summed E-state index contributed by atoms with van der Waals surface area (Å²) in [7, 11) is 0. The van der Waals surface area contributed by atoms with Crippen molar-refractivity contribution in [3.8, 4) is 0 Å². The predicted octanol–water partition coefficient (Wildman–Crippen LogP) is 3.10. The summed E-state index contributed by atoms with van der Waals surface area (Å²) in [6, 6.07) is 3.98. The summed E-state index contributed by atoms with van der Waals surface area (Å²) in [5, 5.41) is 1.49. The third-order valence-corrected chi connectivity index (χ3v) is 4.65. The topological polar surface area (TPSA) is 32.3 Å². The van der Waals surface area contributed by atoms with Crippen molar-refractivity contribution < 1.29 is 0 Å². The second-order valence-electron chi connectivity index (χ2n) is 5.49. The average Bonchev–Trinajstić information content (AvgIpc) is 2.54. The summed E-state index contributed by atoms with van der Waals surface area (Å²) in [6.07, 6.45) is 7.00. The van der Waals surface area contributed by atoms with Crippen LogP contribution in [0.2, 0.25) is 10.0 Å². The van der Waals surface area contributed by atoms with E-state index in [9.17, 15) is 0 Å². The second-order valence-corrected chi connectivity index (χ2v) is 6.30. The average molecular weight is 337 g/mol. The highest BCUT2D eigenvalue weighted by Crippen LogP contribution is 2.19. The fourth-order valence-corrected chi connectivity index (χ4v) is 3.01. The Labute approximate surface area is 140 Å². The summed E-state index contributed by atoms with van der Waals surface area (Å²) in [6.45, 7) is 5.88. The SMILES string of the molecule is Clc1cnccc1CN1CCN(Cc2ccncc2Cl)CC1. The normalized spacial score (nSPS) is 16.8. The van der Waals surface area contributed by atoms with Gasteiger partial charge in [-0.15, -0.1) is 0 Å². The van der Waals surface area contributed by atoms with Crippen LogP contribution in [0.1, 0.15) is 11.1 Å². The van der Waals surface area contributed by atoms with E-state index in [0.29, 0.717) is 0 Å². The third-order valence-electron chi connectivity index (χ3n) is 3.97. The summed E-state index contributed by atoms with van der Waals surface area (Å²) in [5.74, 6) is 0. The zero-order valence-corrected chi connectivity index (χ0v) is 13.8. The second kappa shape index (κ2) is 7.38. The van der Waals surface area contributed by atoms with Crippen LogP contribution in [-0.4, -0.2) is 45.9 Å². The van der Waals surface area contributed by atoms with Gasteiger partial charge in [-0.1, -0.05) is 23.2 Å². The van der Waals surface area contributed by atoms with E-state index in [4.69, 9.17) is 23.2 Å². The Balaban J connectivity index is 1.52. The number of nitrogens with zero attached hydrogens (tertiary/aromatic N) is 4. The van der Waals surface area contributed by atoms with Gasteiger partial charge in [0.05, 0.1) is 10.0 Å². The summed E-state index contributed by atoms with van der Waals surface area (Å²) in [4.78, 5) is 12.9. The van der Waals surface area contributed by atoms with Gasteiger partial charge in [0.25, 0.3) is 0 Å². The van der Waals surface area contributed by atoms with Gasteiger partial charge in [0, 0.05) is 64.1 Å².